The third-order valence-corrected chi connectivity index (χ3v) is 3.84. The van der Waals surface area contributed by atoms with Crippen LogP contribution in [-0.4, -0.2) is 65.0 Å². The van der Waals surface area contributed by atoms with Gasteiger partial charge in [-0.15, -0.1) is 0 Å². The first-order chi connectivity index (χ1) is 9.93. The van der Waals surface area contributed by atoms with E-state index in [9.17, 15) is 13.2 Å². The Morgan fingerprint density at radius 3 is 2.43 bits per heavy atom. The van der Waals surface area contributed by atoms with E-state index >= 15 is 0 Å². The van der Waals surface area contributed by atoms with Gasteiger partial charge in [0.1, 0.15) is 0 Å². The van der Waals surface area contributed by atoms with Crippen LogP contribution in [0.3, 0.4) is 0 Å². The minimum atomic E-state index is -4.13. The number of aromatic nitrogens is 2. The van der Waals surface area contributed by atoms with Crippen molar-refractivity contribution < 1.29 is 13.2 Å². The van der Waals surface area contributed by atoms with Gasteiger partial charge in [-0.25, -0.2) is 0 Å². The van der Waals surface area contributed by atoms with Crippen molar-refractivity contribution in [1.82, 2.24) is 19.6 Å². The van der Waals surface area contributed by atoms with Crippen molar-refractivity contribution in [1.29, 1.82) is 0 Å². The number of nitrogens with zero attached hydrogens (tertiary/aromatic N) is 4. The maximum atomic E-state index is 12.4. The predicted octanol–water partition coefficient (Wildman–Crippen LogP) is 1.08. The Morgan fingerprint density at radius 1 is 1.29 bits per heavy atom. The third kappa shape index (κ3) is 4.42. The normalized spacial score (nSPS) is 19.9. The number of nitrogens with two attached hydrogens (primary N) is 1. The van der Waals surface area contributed by atoms with E-state index in [1.165, 1.54) is 4.90 Å². The molecule has 1 aromatic heterocycles. The molecule has 2 N–H and O–H groups in total. The molecule has 1 saturated heterocycles. The average Bonchev–Trinajstić information content (AvgIpc) is 2.88. The molecule has 1 aromatic rings. The SMILES string of the molecule is CCn1cc(C(CN)N2CCN(CC(F)(F)F)CC2)cn1. The van der Waals surface area contributed by atoms with Crippen molar-refractivity contribution in [2.45, 2.75) is 25.7 Å². The molecule has 1 atom stereocenters. The zero-order chi connectivity index (χ0) is 15.5. The van der Waals surface area contributed by atoms with Gasteiger partial charge in [0.2, 0.25) is 0 Å². The van der Waals surface area contributed by atoms with Crippen LogP contribution in [0.25, 0.3) is 0 Å². The lowest BCUT2D eigenvalue weighted by Crippen LogP contribution is -2.51. The molecule has 5 nitrogen and oxygen atoms in total. The second-order valence-corrected chi connectivity index (χ2v) is 5.31. The van der Waals surface area contributed by atoms with E-state index in [1.807, 2.05) is 17.8 Å². The van der Waals surface area contributed by atoms with Crippen molar-refractivity contribution in [3.05, 3.63) is 18.0 Å². The van der Waals surface area contributed by atoms with Crippen LogP contribution in [0.5, 0.6) is 0 Å². The smallest absolute Gasteiger partial charge is 0.329 e. The molecule has 2 heterocycles. The minimum absolute atomic E-state index is 0.0262. The van der Waals surface area contributed by atoms with Crippen molar-refractivity contribution in [2.75, 3.05) is 39.3 Å². The largest absolute Gasteiger partial charge is 0.401 e. The molecule has 1 unspecified atom stereocenters. The number of piperazine rings is 1. The fourth-order valence-corrected chi connectivity index (χ4v) is 2.71. The molecule has 1 fully saturated rings. The summed E-state index contributed by atoms with van der Waals surface area (Å²) in [6, 6.07) is 0.0262. The summed E-state index contributed by atoms with van der Waals surface area (Å²) in [4.78, 5) is 3.59. The number of rotatable bonds is 5. The predicted molar refractivity (Wildman–Crippen MR) is 73.8 cm³/mol. The van der Waals surface area contributed by atoms with Gasteiger partial charge in [0.05, 0.1) is 18.8 Å². The minimum Gasteiger partial charge on any atom is -0.329 e. The summed E-state index contributed by atoms with van der Waals surface area (Å²) in [5, 5.41) is 4.24. The molecule has 120 valence electrons. The Morgan fingerprint density at radius 2 is 1.95 bits per heavy atom. The fraction of sp³-hybridized carbons (Fsp3) is 0.769. The number of hydrogen-bond acceptors (Lipinski definition) is 4. The highest BCUT2D eigenvalue weighted by Crippen LogP contribution is 2.23. The molecule has 1 aliphatic rings. The molecule has 0 aromatic carbocycles. The van der Waals surface area contributed by atoms with Crippen molar-refractivity contribution in [3.8, 4) is 0 Å². The highest BCUT2D eigenvalue weighted by molar-refractivity contribution is 5.11. The van der Waals surface area contributed by atoms with Gasteiger partial charge < -0.3 is 5.73 Å². The van der Waals surface area contributed by atoms with E-state index in [4.69, 9.17) is 5.73 Å². The molecule has 0 aliphatic carbocycles. The molecule has 1 aliphatic heterocycles. The highest BCUT2D eigenvalue weighted by atomic mass is 19.4. The Balaban J connectivity index is 1.93. The molecule has 0 bridgehead atoms. The second kappa shape index (κ2) is 6.76. The van der Waals surface area contributed by atoms with Crippen LogP contribution in [0, 0.1) is 0 Å². The maximum Gasteiger partial charge on any atom is 0.401 e. The summed E-state index contributed by atoms with van der Waals surface area (Å²) >= 11 is 0. The standard InChI is InChI=1S/C13H22F3N5/c1-2-21-9-11(8-18-21)12(7-17)20-5-3-19(4-6-20)10-13(14,15)16/h8-9,12H,2-7,10,17H2,1H3. The number of halogens is 3. The van der Waals surface area contributed by atoms with Crippen LogP contribution >= 0.6 is 0 Å². The number of aryl methyl sites for hydroxylation is 1. The van der Waals surface area contributed by atoms with Crippen molar-refractivity contribution in [2.24, 2.45) is 5.73 Å². The van der Waals surface area contributed by atoms with Crippen LogP contribution < -0.4 is 5.73 Å². The zero-order valence-corrected chi connectivity index (χ0v) is 12.2. The topological polar surface area (TPSA) is 50.3 Å². The van der Waals surface area contributed by atoms with E-state index < -0.39 is 12.7 Å². The van der Waals surface area contributed by atoms with Gasteiger partial charge in [-0.1, -0.05) is 0 Å². The van der Waals surface area contributed by atoms with Crippen LogP contribution in [0.15, 0.2) is 12.4 Å². The lowest BCUT2D eigenvalue weighted by molar-refractivity contribution is -0.149. The van der Waals surface area contributed by atoms with E-state index in [1.54, 1.807) is 6.20 Å². The van der Waals surface area contributed by atoms with Crippen molar-refractivity contribution in [3.63, 3.8) is 0 Å². The molecular formula is C13H22F3N5. The van der Waals surface area contributed by atoms with Gasteiger partial charge in [0.25, 0.3) is 0 Å². The van der Waals surface area contributed by atoms with Gasteiger partial charge in [-0.3, -0.25) is 14.5 Å². The first-order valence-corrected chi connectivity index (χ1v) is 7.18. The number of alkyl halides is 3. The van der Waals surface area contributed by atoms with Gasteiger partial charge >= 0.3 is 6.18 Å². The molecule has 0 spiro atoms. The van der Waals surface area contributed by atoms with E-state index in [0.29, 0.717) is 32.7 Å². The van der Waals surface area contributed by atoms with E-state index in [0.717, 1.165) is 12.1 Å². The number of hydrogen-bond donors (Lipinski definition) is 1. The van der Waals surface area contributed by atoms with Gasteiger partial charge in [-0.05, 0) is 6.92 Å². The van der Waals surface area contributed by atoms with Gasteiger partial charge in [-0.2, -0.15) is 18.3 Å². The van der Waals surface area contributed by atoms with E-state index in [-0.39, 0.29) is 6.04 Å². The Kier molecular flexibility index (Phi) is 5.23. The van der Waals surface area contributed by atoms with E-state index in [2.05, 4.69) is 10.00 Å². The molecular weight excluding hydrogens is 283 g/mol. The van der Waals surface area contributed by atoms with Crippen molar-refractivity contribution >= 4 is 0 Å². The Bertz CT molecular complexity index is 437. The molecule has 8 heteroatoms. The summed E-state index contributed by atoms with van der Waals surface area (Å²) in [6.07, 6.45) is -0.375. The van der Waals surface area contributed by atoms with Crippen LogP contribution in [-0.2, 0) is 6.54 Å². The first kappa shape index (κ1) is 16.3. The molecule has 0 amide bonds. The summed E-state index contributed by atoms with van der Waals surface area (Å²) < 4.78 is 39.0. The maximum absolute atomic E-state index is 12.4. The zero-order valence-electron chi connectivity index (χ0n) is 12.2. The monoisotopic (exact) mass is 305 g/mol. The Labute approximate surface area is 122 Å². The third-order valence-electron chi connectivity index (χ3n) is 3.84. The van der Waals surface area contributed by atoms with Gasteiger partial charge in [0.15, 0.2) is 0 Å². The Hall–Kier alpha value is -1.12. The summed E-state index contributed by atoms with van der Waals surface area (Å²) in [5.74, 6) is 0. The molecule has 2 rings (SSSR count). The summed E-state index contributed by atoms with van der Waals surface area (Å²) in [6.45, 7) is 4.41. The first-order valence-electron chi connectivity index (χ1n) is 7.18. The molecule has 21 heavy (non-hydrogen) atoms. The van der Waals surface area contributed by atoms with Crippen LogP contribution in [0.1, 0.15) is 18.5 Å². The average molecular weight is 305 g/mol. The lowest BCUT2D eigenvalue weighted by atomic mass is 10.1. The van der Waals surface area contributed by atoms with Crippen LogP contribution in [0.4, 0.5) is 13.2 Å². The summed E-state index contributed by atoms with van der Waals surface area (Å²) in [7, 11) is 0. The van der Waals surface area contributed by atoms with Gasteiger partial charge in [0, 0.05) is 51.0 Å². The highest BCUT2D eigenvalue weighted by Gasteiger charge is 2.33. The lowest BCUT2D eigenvalue weighted by Gasteiger charge is -2.38. The fourth-order valence-electron chi connectivity index (χ4n) is 2.71. The molecule has 0 radical (unpaired) electrons. The molecule has 0 saturated carbocycles. The van der Waals surface area contributed by atoms with Crippen LogP contribution in [0.2, 0.25) is 0 Å². The summed E-state index contributed by atoms with van der Waals surface area (Å²) in [5.41, 5.74) is 6.88. The second-order valence-electron chi connectivity index (χ2n) is 5.31. The quantitative estimate of drug-likeness (QED) is 0.884.